The highest BCUT2D eigenvalue weighted by Gasteiger charge is 2.44. The van der Waals surface area contributed by atoms with Gasteiger partial charge in [0.15, 0.2) is 0 Å². The van der Waals surface area contributed by atoms with Gasteiger partial charge in [-0.2, -0.15) is 0 Å². The van der Waals surface area contributed by atoms with Gasteiger partial charge in [0, 0.05) is 59.6 Å². The maximum Gasteiger partial charge on any atom is 0.330 e. The van der Waals surface area contributed by atoms with Crippen molar-refractivity contribution in [1.82, 2.24) is 9.80 Å². The van der Waals surface area contributed by atoms with Crippen LogP contribution in [-0.4, -0.2) is 70.5 Å². The first-order chi connectivity index (χ1) is 31.5. The molecule has 0 aliphatic carbocycles. The summed E-state index contributed by atoms with van der Waals surface area (Å²) in [5.74, 6) is -6.21. The molecule has 0 amide bonds. The van der Waals surface area contributed by atoms with E-state index in [-0.39, 0.29) is 80.9 Å². The van der Waals surface area contributed by atoms with E-state index < -0.39 is 70.3 Å². The van der Waals surface area contributed by atoms with Crippen molar-refractivity contribution >= 4 is 46.0 Å². The van der Waals surface area contributed by atoms with E-state index in [9.17, 15) is 27.2 Å². The van der Waals surface area contributed by atoms with Crippen molar-refractivity contribution in [2.45, 2.75) is 89.9 Å². The Labute approximate surface area is 381 Å². The minimum atomic E-state index is -1.68. The van der Waals surface area contributed by atoms with Gasteiger partial charge < -0.3 is 18.7 Å². The Bertz CT molecular complexity index is 2880. The van der Waals surface area contributed by atoms with E-state index in [1.807, 2.05) is 6.92 Å². The number of carboxylic acids is 1. The van der Waals surface area contributed by atoms with Gasteiger partial charge in [-0.05, 0) is 126 Å². The fourth-order valence-corrected chi connectivity index (χ4v) is 9.13. The van der Waals surface area contributed by atoms with E-state index in [1.165, 1.54) is 65.1 Å². The van der Waals surface area contributed by atoms with Gasteiger partial charge in [0.2, 0.25) is 0 Å². The molecule has 0 radical (unpaired) electrons. The largest absolute Gasteiger partial charge is 0.478 e. The van der Waals surface area contributed by atoms with E-state index in [0.29, 0.717) is 24.0 Å². The number of hydrogen-bond acceptors (Lipinski definition) is 7. The van der Waals surface area contributed by atoms with Crippen molar-refractivity contribution in [3.05, 3.63) is 153 Å². The lowest BCUT2D eigenvalue weighted by Crippen LogP contribution is -2.48. The molecular formula is C51H48F8N2O6. The van der Waals surface area contributed by atoms with Crippen LogP contribution in [0.5, 0.6) is 0 Å². The van der Waals surface area contributed by atoms with Crippen LogP contribution in [0.3, 0.4) is 0 Å². The smallest absolute Gasteiger partial charge is 0.330 e. The minimum Gasteiger partial charge on any atom is -0.478 e. The number of carbonyl (C=O) groups excluding carboxylic acids is 1. The molecule has 2 aliphatic rings. The summed E-state index contributed by atoms with van der Waals surface area (Å²) in [5.41, 5.74) is -2.37. The molecule has 8 rings (SSSR count). The number of nitrogens with zero attached hydrogens (tertiary/aromatic N) is 2. The first kappa shape index (κ1) is 48.7. The molecule has 0 fully saturated rings. The van der Waals surface area contributed by atoms with Crippen LogP contribution in [0.15, 0.2) is 81.7 Å². The number of furan rings is 2. The number of alkyl halides is 2. The number of methoxy groups -OCH3 is 1. The topological polar surface area (TPSA) is 96.4 Å². The fraction of sp³-hybridized carbons (Fsp3) is 0.333. The highest BCUT2D eigenvalue weighted by molar-refractivity contribution is 5.87. The first-order valence-corrected chi connectivity index (χ1v) is 21.4. The van der Waals surface area contributed by atoms with Crippen LogP contribution in [0.2, 0.25) is 0 Å². The van der Waals surface area contributed by atoms with Gasteiger partial charge in [0.1, 0.15) is 81.0 Å². The summed E-state index contributed by atoms with van der Waals surface area (Å²) in [4.78, 5) is 25.4. The van der Waals surface area contributed by atoms with Crippen molar-refractivity contribution in [3.8, 4) is 0 Å². The van der Waals surface area contributed by atoms with Crippen LogP contribution < -0.4 is 0 Å². The van der Waals surface area contributed by atoms with E-state index in [0.717, 1.165) is 42.5 Å². The first-order valence-electron chi connectivity index (χ1n) is 21.4. The third-order valence-electron chi connectivity index (χ3n) is 11.8. The highest BCUT2D eigenvalue weighted by atomic mass is 19.2. The monoisotopic (exact) mass is 936 g/mol. The second kappa shape index (κ2) is 18.8. The molecule has 16 heteroatoms. The number of halogens is 8. The molecule has 4 unspecified atom stereocenters. The molecular weight excluding hydrogens is 889 g/mol. The lowest BCUT2D eigenvalue weighted by Gasteiger charge is -2.42. The van der Waals surface area contributed by atoms with Gasteiger partial charge >= 0.3 is 11.9 Å². The molecule has 8 nitrogen and oxygen atoms in total. The minimum absolute atomic E-state index is 0.0215. The predicted molar refractivity (Wildman–Crippen MR) is 237 cm³/mol. The summed E-state index contributed by atoms with van der Waals surface area (Å²) in [6.45, 7) is 8.86. The van der Waals surface area contributed by atoms with Gasteiger partial charge in [0.25, 0.3) is 0 Å². The van der Waals surface area contributed by atoms with Gasteiger partial charge in [-0.25, -0.2) is 44.7 Å². The molecule has 0 spiro atoms. The van der Waals surface area contributed by atoms with Crippen molar-refractivity contribution in [2.75, 3.05) is 20.2 Å². The normalized spacial score (nSPS) is 19.2. The quantitative estimate of drug-likeness (QED) is 0.0824. The lowest BCUT2D eigenvalue weighted by atomic mass is 9.87. The molecule has 0 saturated heterocycles. The molecule has 0 saturated carbocycles. The lowest BCUT2D eigenvalue weighted by molar-refractivity contribution is -0.135. The molecule has 354 valence electrons. The Morgan fingerprint density at radius 1 is 0.657 bits per heavy atom. The SMILES string of the molecule is CC1Cc2c(oc3cccc(F)c23)C(c2c(F)cc(/C=C/C(=O)O)cc2F)N1CC(C)(C)F.COC(=O)/C=C/c1cc(F)c(C2c3oc4cccc(F)c4c3CC(C)N2CC(C)(C)F)c(F)c1. The number of esters is 1. The number of ether oxygens (including phenoxy) is 1. The molecule has 4 aromatic carbocycles. The zero-order valence-corrected chi connectivity index (χ0v) is 37.6. The number of rotatable bonds is 10. The van der Waals surface area contributed by atoms with Gasteiger partial charge in [0.05, 0.1) is 17.9 Å². The summed E-state index contributed by atoms with van der Waals surface area (Å²) in [7, 11) is 1.19. The molecule has 6 aromatic rings. The number of aliphatic carboxylic acids is 1. The standard InChI is InChI=1S/C26H25F4NO3.C25H23F4NO3/c1-14-10-16-22-17(27)6-5-7-20(22)34-25(16)24(31(14)13-26(2,3)30)23-18(28)11-15(12-19(23)29)8-9-21(32)33-4;1-13-9-15-21-16(26)5-4-6-19(21)33-24(15)23(30(13)12-25(2,3)29)22-17(27)10-14(11-18(22)28)7-8-20(31)32/h5-9,11-12,14,24H,10,13H2,1-4H3;4-8,10-11,13,23H,9,12H2,1-3H3,(H,31,32)/b9-8+;8-7+. The maximum atomic E-state index is 15.4. The van der Waals surface area contributed by atoms with E-state index in [2.05, 4.69) is 4.74 Å². The van der Waals surface area contributed by atoms with Crippen molar-refractivity contribution in [2.24, 2.45) is 0 Å². The number of carboxylic acid groups (broad SMARTS) is 1. The van der Waals surface area contributed by atoms with E-state index >= 15 is 17.6 Å². The Morgan fingerprint density at radius 2 is 1.03 bits per heavy atom. The second-order valence-corrected chi connectivity index (χ2v) is 18.1. The van der Waals surface area contributed by atoms with Crippen LogP contribution in [0.1, 0.15) is 98.5 Å². The third kappa shape index (κ3) is 10.2. The van der Waals surface area contributed by atoms with Crippen LogP contribution in [0, 0.1) is 34.9 Å². The Kier molecular flexibility index (Phi) is 13.6. The van der Waals surface area contributed by atoms with Crippen LogP contribution in [0.25, 0.3) is 34.1 Å². The third-order valence-corrected chi connectivity index (χ3v) is 11.8. The number of hydrogen-bond donors (Lipinski definition) is 1. The van der Waals surface area contributed by atoms with Gasteiger partial charge in [-0.1, -0.05) is 12.1 Å². The predicted octanol–water partition coefficient (Wildman–Crippen LogP) is 12.2. The molecule has 67 heavy (non-hydrogen) atoms. The molecule has 1 N–H and O–H groups in total. The van der Waals surface area contributed by atoms with Crippen molar-refractivity contribution in [1.29, 1.82) is 0 Å². The molecule has 0 bridgehead atoms. The van der Waals surface area contributed by atoms with Crippen LogP contribution in [-0.2, 0) is 27.2 Å². The number of benzene rings is 4. The Balaban J connectivity index is 0.000000199. The maximum absolute atomic E-state index is 15.4. The summed E-state index contributed by atoms with van der Waals surface area (Å²) in [6.07, 6.45) is 4.78. The van der Waals surface area contributed by atoms with Gasteiger partial charge in [-0.3, -0.25) is 9.80 Å². The molecule has 2 aromatic heterocycles. The summed E-state index contributed by atoms with van der Waals surface area (Å²) < 4.78 is 137. The summed E-state index contributed by atoms with van der Waals surface area (Å²) in [5, 5.41) is 9.31. The second-order valence-electron chi connectivity index (χ2n) is 18.1. The van der Waals surface area contributed by atoms with Crippen molar-refractivity contribution in [3.63, 3.8) is 0 Å². The number of fused-ring (bicyclic) bond motifs is 6. The zero-order chi connectivity index (χ0) is 48.9. The highest BCUT2D eigenvalue weighted by Crippen LogP contribution is 2.47. The van der Waals surface area contributed by atoms with E-state index in [1.54, 1.807) is 28.9 Å². The Morgan fingerprint density at radius 3 is 1.37 bits per heavy atom. The fourth-order valence-electron chi connectivity index (χ4n) is 9.13. The Hall–Kier alpha value is -6.26. The molecule has 2 aliphatic heterocycles. The molecule has 4 atom stereocenters. The summed E-state index contributed by atoms with van der Waals surface area (Å²) >= 11 is 0. The van der Waals surface area contributed by atoms with Gasteiger partial charge in [-0.15, -0.1) is 0 Å². The zero-order valence-electron chi connectivity index (χ0n) is 37.6. The summed E-state index contributed by atoms with van der Waals surface area (Å²) in [6, 6.07) is 9.96. The van der Waals surface area contributed by atoms with Crippen molar-refractivity contribution < 1.29 is 63.4 Å². The van der Waals surface area contributed by atoms with Crippen LogP contribution in [0.4, 0.5) is 35.1 Å². The van der Waals surface area contributed by atoms with Crippen LogP contribution >= 0.6 is 0 Å². The number of carbonyl (C=O) groups is 2. The average molecular weight is 937 g/mol. The van der Waals surface area contributed by atoms with E-state index in [4.69, 9.17) is 13.9 Å². The average Bonchev–Trinajstić information content (AvgIpc) is 3.79. The molecule has 4 heterocycles.